The van der Waals surface area contributed by atoms with Crippen LogP contribution in [0.15, 0.2) is 120 Å². The molecule has 4 aromatic carbocycles. The molecule has 0 fully saturated rings. The van der Waals surface area contributed by atoms with E-state index in [4.69, 9.17) is 4.99 Å². The molecule has 0 N–H and O–H groups in total. The average Bonchev–Trinajstić information content (AvgIpc) is 2.98. The van der Waals surface area contributed by atoms with Crippen LogP contribution >= 0.6 is 0 Å². The van der Waals surface area contributed by atoms with Crippen molar-refractivity contribution in [3.8, 4) is 0 Å². The summed E-state index contributed by atoms with van der Waals surface area (Å²) >= 11 is 0. The molecule has 0 bridgehead atoms. The smallest absolute Gasteiger partial charge is 0.249 e. The Hall–Kier alpha value is -3.98. The van der Waals surface area contributed by atoms with Gasteiger partial charge in [-0.25, -0.2) is 0 Å². The van der Waals surface area contributed by atoms with E-state index in [1.807, 2.05) is 89.8 Å². The summed E-state index contributed by atoms with van der Waals surface area (Å²) in [5.41, 5.74) is 5.86. The van der Waals surface area contributed by atoms with E-state index in [9.17, 15) is 4.79 Å². The Morgan fingerprint density at radius 1 is 0.645 bits per heavy atom. The maximum Gasteiger partial charge on any atom is 0.249 e. The summed E-state index contributed by atoms with van der Waals surface area (Å²) in [5, 5.41) is 0. The number of hydrogen-bond donors (Lipinski definition) is 0. The van der Waals surface area contributed by atoms with Crippen molar-refractivity contribution in [2.45, 2.75) is 6.04 Å². The van der Waals surface area contributed by atoms with Gasteiger partial charge in [-0.15, -0.1) is 0 Å². The molecule has 31 heavy (non-hydrogen) atoms. The highest BCUT2D eigenvalue weighted by Gasteiger charge is 2.32. The number of rotatable bonds is 4. The number of benzodiazepines with no additional fused rings is 1. The van der Waals surface area contributed by atoms with Gasteiger partial charge in [-0.1, -0.05) is 109 Å². The Labute approximate surface area is 182 Å². The van der Waals surface area contributed by atoms with Crippen molar-refractivity contribution < 1.29 is 4.79 Å². The van der Waals surface area contributed by atoms with Crippen molar-refractivity contribution in [3.05, 3.63) is 138 Å². The largest absolute Gasteiger partial charge is 0.298 e. The van der Waals surface area contributed by atoms with Gasteiger partial charge in [0.25, 0.3) is 0 Å². The van der Waals surface area contributed by atoms with Gasteiger partial charge in [-0.05, 0) is 17.2 Å². The third kappa shape index (κ3) is 3.66. The zero-order chi connectivity index (χ0) is 21.0. The number of fused-ring (bicyclic) bond motifs is 1. The van der Waals surface area contributed by atoms with E-state index in [0.29, 0.717) is 0 Å². The predicted octanol–water partition coefficient (Wildman–Crippen LogP) is 5.66. The molecule has 0 spiro atoms. The lowest BCUT2D eigenvalue weighted by atomic mass is 9.94. The first kappa shape index (κ1) is 19.0. The van der Waals surface area contributed by atoms with Crippen LogP contribution in [0.2, 0.25) is 0 Å². The molecule has 0 atom stereocenters. The number of nitrogens with zero attached hydrogens (tertiary/aromatic N) is 2. The van der Waals surface area contributed by atoms with Gasteiger partial charge in [-0.2, -0.15) is 0 Å². The number of para-hydroxylation sites is 1. The molecule has 1 aliphatic heterocycles. The third-order valence-electron chi connectivity index (χ3n) is 5.60. The summed E-state index contributed by atoms with van der Waals surface area (Å²) in [6.07, 6.45) is 0. The number of anilines is 1. The van der Waals surface area contributed by atoms with Crippen LogP contribution in [0.25, 0.3) is 0 Å². The molecule has 0 saturated carbocycles. The Bertz CT molecular complexity index is 1180. The second-order valence-corrected chi connectivity index (χ2v) is 7.54. The van der Waals surface area contributed by atoms with Gasteiger partial charge in [0.1, 0.15) is 6.54 Å². The predicted molar refractivity (Wildman–Crippen MR) is 126 cm³/mol. The van der Waals surface area contributed by atoms with E-state index in [2.05, 4.69) is 30.3 Å². The average molecular weight is 402 g/mol. The maximum absolute atomic E-state index is 13.6. The summed E-state index contributed by atoms with van der Waals surface area (Å²) in [6.45, 7) is 0.106. The van der Waals surface area contributed by atoms with Crippen molar-refractivity contribution in [2.75, 3.05) is 11.4 Å². The highest BCUT2D eigenvalue weighted by molar-refractivity contribution is 6.19. The second kappa shape index (κ2) is 8.41. The fourth-order valence-corrected chi connectivity index (χ4v) is 4.21. The molecule has 150 valence electrons. The Kier molecular flexibility index (Phi) is 5.16. The highest BCUT2D eigenvalue weighted by Crippen LogP contribution is 2.37. The summed E-state index contributed by atoms with van der Waals surface area (Å²) < 4.78 is 0. The molecule has 1 heterocycles. The number of amides is 1. The van der Waals surface area contributed by atoms with Crippen molar-refractivity contribution in [3.63, 3.8) is 0 Å². The molecule has 0 aliphatic carbocycles. The number of carbonyl (C=O) groups excluding carboxylic acids is 1. The summed E-state index contributed by atoms with van der Waals surface area (Å²) in [4.78, 5) is 20.2. The van der Waals surface area contributed by atoms with Gasteiger partial charge >= 0.3 is 0 Å². The van der Waals surface area contributed by atoms with Gasteiger partial charge in [0.15, 0.2) is 0 Å². The fraction of sp³-hybridized carbons (Fsp3) is 0.0714. The minimum absolute atomic E-state index is 0.0175. The minimum Gasteiger partial charge on any atom is -0.298 e. The van der Waals surface area contributed by atoms with Crippen LogP contribution in [0.4, 0.5) is 5.69 Å². The summed E-state index contributed by atoms with van der Waals surface area (Å²) in [7, 11) is 0. The quantitative estimate of drug-likeness (QED) is 0.433. The molecule has 1 aliphatic rings. The van der Waals surface area contributed by atoms with Crippen LogP contribution in [-0.4, -0.2) is 18.2 Å². The Morgan fingerprint density at radius 2 is 1.16 bits per heavy atom. The van der Waals surface area contributed by atoms with Gasteiger partial charge in [0, 0.05) is 11.1 Å². The second-order valence-electron chi connectivity index (χ2n) is 7.54. The van der Waals surface area contributed by atoms with E-state index in [1.165, 1.54) is 0 Å². The molecule has 5 rings (SSSR count). The van der Waals surface area contributed by atoms with Crippen LogP contribution in [0.5, 0.6) is 0 Å². The van der Waals surface area contributed by atoms with Crippen LogP contribution < -0.4 is 4.90 Å². The number of benzene rings is 4. The van der Waals surface area contributed by atoms with Crippen molar-refractivity contribution in [1.29, 1.82) is 0 Å². The zero-order valence-electron chi connectivity index (χ0n) is 17.1. The molecule has 0 aromatic heterocycles. The first-order valence-corrected chi connectivity index (χ1v) is 10.4. The molecule has 0 unspecified atom stereocenters. The monoisotopic (exact) mass is 402 g/mol. The molecular weight excluding hydrogens is 380 g/mol. The molecule has 3 nitrogen and oxygen atoms in total. The Balaban J connectivity index is 1.71. The lowest BCUT2D eigenvalue weighted by Crippen LogP contribution is -2.37. The first-order chi connectivity index (χ1) is 15.3. The van der Waals surface area contributed by atoms with Crippen LogP contribution in [0, 0.1) is 0 Å². The maximum atomic E-state index is 13.6. The van der Waals surface area contributed by atoms with E-state index in [0.717, 1.165) is 33.7 Å². The van der Waals surface area contributed by atoms with Gasteiger partial charge < -0.3 is 0 Å². The van der Waals surface area contributed by atoms with E-state index in [-0.39, 0.29) is 18.5 Å². The van der Waals surface area contributed by atoms with Crippen molar-refractivity contribution in [2.24, 2.45) is 4.99 Å². The van der Waals surface area contributed by atoms with Gasteiger partial charge in [-0.3, -0.25) is 14.7 Å². The van der Waals surface area contributed by atoms with E-state index >= 15 is 0 Å². The SMILES string of the molecule is O=C1CN=C(c2ccccc2)c2ccccc2N1C(c1ccccc1)c1ccccc1. The van der Waals surface area contributed by atoms with Crippen LogP contribution in [0.3, 0.4) is 0 Å². The minimum atomic E-state index is -0.235. The fourth-order valence-electron chi connectivity index (χ4n) is 4.21. The molecular formula is C28H22N2O. The van der Waals surface area contributed by atoms with Crippen LogP contribution in [0.1, 0.15) is 28.3 Å². The first-order valence-electron chi connectivity index (χ1n) is 10.4. The van der Waals surface area contributed by atoms with E-state index < -0.39 is 0 Å². The highest BCUT2D eigenvalue weighted by atomic mass is 16.2. The summed E-state index contributed by atoms with van der Waals surface area (Å²) in [5.74, 6) is -0.0175. The lowest BCUT2D eigenvalue weighted by Gasteiger charge is -2.33. The molecule has 0 radical (unpaired) electrons. The molecule has 1 amide bonds. The number of carbonyl (C=O) groups is 1. The van der Waals surface area contributed by atoms with Crippen LogP contribution in [-0.2, 0) is 4.79 Å². The molecule has 3 heteroatoms. The van der Waals surface area contributed by atoms with Crippen molar-refractivity contribution in [1.82, 2.24) is 0 Å². The lowest BCUT2D eigenvalue weighted by molar-refractivity contribution is -0.117. The topological polar surface area (TPSA) is 32.7 Å². The standard InChI is InChI=1S/C28H22N2O/c31-26-20-29-27(21-12-4-1-5-13-21)24-18-10-11-19-25(24)30(26)28(22-14-6-2-7-15-22)23-16-8-3-9-17-23/h1-19,28H,20H2. The number of hydrogen-bond acceptors (Lipinski definition) is 2. The van der Waals surface area contributed by atoms with Gasteiger partial charge in [0.2, 0.25) is 5.91 Å². The summed E-state index contributed by atoms with van der Waals surface area (Å²) in [6, 6.07) is 38.3. The number of aliphatic imine (C=N–C) groups is 1. The third-order valence-corrected chi connectivity index (χ3v) is 5.60. The normalized spacial score (nSPS) is 13.5. The molecule has 4 aromatic rings. The van der Waals surface area contributed by atoms with Crippen molar-refractivity contribution >= 4 is 17.3 Å². The zero-order valence-corrected chi connectivity index (χ0v) is 17.1. The molecule has 0 saturated heterocycles. The Morgan fingerprint density at radius 3 is 1.77 bits per heavy atom. The van der Waals surface area contributed by atoms with E-state index in [1.54, 1.807) is 0 Å². The van der Waals surface area contributed by atoms with Gasteiger partial charge in [0.05, 0.1) is 17.4 Å².